The molecule has 0 fully saturated rings. The largest absolute Gasteiger partial charge is 0.159 e. The quantitative estimate of drug-likeness (QED) is 0.580. The fraction of sp³-hybridized carbons (Fsp3) is 0.429. The van der Waals surface area contributed by atoms with Crippen LogP contribution in [-0.4, -0.2) is 10.2 Å². The summed E-state index contributed by atoms with van der Waals surface area (Å²) in [4.78, 5) is 0. The van der Waals surface area contributed by atoms with E-state index < -0.39 is 0 Å². The number of hydrogen-bond acceptors (Lipinski definition) is 2. The summed E-state index contributed by atoms with van der Waals surface area (Å²) in [5.74, 6) is 0.521. The Labute approximate surface area is 65.2 Å². The smallest absolute Gasteiger partial charge is 0.0646 e. The first-order valence-corrected chi connectivity index (χ1v) is 3.63. The standard InChI is InChI=1S/C7H9ClN2/c1-5-4-9-10-6(2)7(5)3-8/h4H,3H2,1-2H3. The monoisotopic (exact) mass is 156 g/mol. The van der Waals surface area contributed by atoms with Crippen molar-refractivity contribution in [2.75, 3.05) is 0 Å². The highest BCUT2D eigenvalue weighted by atomic mass is 35.5. The van der Waals surface area contributed by atoms with Crippen LogP contribution in [0.1, 0.15) is 16.8 Å². The van der Waals surface area contributed by atoms with E-state index >= 15 is 0 Å². The van der Waals surface area contributed by atoms with Gasteiger partial charge in [-0.3, -0.25) is 0 Å². The zero-order valence-corrected chi connectivity index (χ0v) is 6.81. The third-order valence-electron chi connectivity index (χ3n) is 1.51. The lowest BCUT2D eigenvalue weighted by Gasteiger charge is -2.01. The number of aromatic nitrogens is 2. The number of aryl methyl sites for hydroxylation is 2. The molecule has 10 heavy (non-hydrogen) atoms. The maximum Gasteiger partial charge on any atom is 0.0646 e. The van der Waals surface area contributed by atoms with Crippen LogP contribution >= 0.6 is 11.6 Å². The fourth-order valence-corrected chi connectivity index (χ4v) is 1.23. The molecular weight excluding hydrogens is 148 g/mol. The summed E-state index contributed by atoms with van der Waals surface area (Å²) in [6, 6.07) is 0. The molecule has 0 aromatic carbocycles. The van der Waals surface area contributed by atoms with Crippen molar-refractivity contribution in [3.05, 3.63) is 23.0 Å². The van der Waals surface area contributed by atoms with Crippen LogP contribution in [0.2, 0.25) is 0 Å². The van der Waals surface area contributed by atoms with E-state index in [-0.39, 0.29) is 0 Å². The van der Waals surface area contributed by atoms with Crippen molar-refractivity contribution in [3.8, 4) is 0 Å². The zero-order valence-electron chi connectivity index (χ0n) is 6.06. The maximum absolute atomic E-state index is 5.67. The van der Waals surface area contributed by atoms with Crippen LogP contribution in [-0.2, 0) is 5.88 Å². The van der Waals surface area contributed by atoms with Crippen LogP contribution < -0.4 is 0 Å². The lowest BCUT2D eigenvalue weighted by Crippen LogP contribution is -1.95. The molecule has 0 saturated heterocycles. The molecule has 1 aromatic rings. The minimum Gasteiger partial charge on any atom is -0.159 e. The van der Waals surface area contributed by atoms with Crippen molar-refractivity contribution in [2.24, 2.45) is 0 Å². The summed E-state index contributed by atoms with van der Waals surface area (Å²) in [5, 5.41) is 7.66. The molecule has 0 radical (unpaired) electrons. The first-order chi connectivity index (χ1) is 4.75. The number of halogens is 1. The van der Waals surface area contributed by atoms with Crippen molar-refractivity contribution in [2.45, 2.75) is 19.7 Å². The Balaban J connectivity index is 3.17. The molecule has 0 bridgehead atoms. The summed E-state index contributed by atoms with van der Waals surface area (Å²) in [7, 11) is 0. The Morgan fingerprint density at radius 2 is 2.20 bits per heavy atom. The van der Waals surface area contributed by atoms with Crippen LogP contribution in [0.5, 0.6) is 0 Å². The van der Waals surface area contributed by atoms with Crippen LogP contribution in [0.3, 0.4) is 0 Å². The number of hydrogen-bond donors (Lipinski definition) is 0. The third kappa shape index (κ3) is 1.27. The Bertz CT molecular complexity index is 215. The van der Waals surface area contributed by atoms with Crippen LogP contribution in [0.25, 0.3) is 0 Å². The Morgan fingerprint density at radius 1 is 1.50 bits per heavy atom. The van der Waals surface area contributed by atoms with Gasteiger partial charge >= 0.3 is 0 Å². The van der Waals surface area contributed by atoms with Gasteiger partial charge in [0.05, 0.1) is 11.9 Å². The Hall–Kier alpha value is -0.630. The van der Waals surface area contributed by atoms with E-state index in [1.807, 2.05) is 13.8 Å². The predicted octanol–water partition coefficient (Wildman–Crippen LogP) is 1.83. The van der Waals surface area contributed by atoms with Crippen molar-refractivity contribution in [1.82, 2.24) is 10.2 Å². The van der Waals surface area contributed by atoms with Crippen LogP contribution in [0, 0.1) is 13.8 Å². The zero-order chi connectivity index (χ0) is 7.56. The molecule has 0 atom stereocenters. The molecule has 1 heterocycles. The van der Waals surface area contributed by atoms with Gasteiger partial charge in [0.25, 0.3) is 0 Å². The number of rotatable bonds is 1. The van der Waals surface area contributed by atoms with Crippen LogP contribution in [0.15, 0.2) is 6.20 Å². The van der Waals surface area contributed by atoms with E-state index in [1.54, 1.807) is 6.20 Å². The first kappa shape index (κ1) is 7.48. The van der Waals surface area contributed by atoms with Crippen molar-refractivity contribution in [1.29, 1.82) is 0 Å². The van der Waals surface area contributed by atoms with Gasteiger partial charge in [-0.2, -0.15) is 10.2 Å². The topological polar surface area (TPSA) is 25.8 Å². The van der Waals surface area contributed by atoms with Gasteiger partial charge in [0.15, 0.2) is 0 Å². The molecular formula is C7H9ClN2. The highest BCUT2D eigenvalue weighted by molar-refractivity contribution is 6.17. The molecule has 0 aliphatic rings. The molecule has 3 heteroatoms. The van der Waals surface area contributed by atoms with Gasteiger partial charge in [-0.25, -0.2) is 0 Å². The molecule has 0 amide bonds. The minimum absolute atomic E-state index is 0.521. The number of nitrogens with zero attached hydrogens (tertiary/aromatic N) is 2. The lowest BCUT2D eigenvalue weighted by molar-refractivity contribution is 0.939. The first-order valence-electron chi connectivity index (χ1n) is 3.09. The van der Waals surface area contributed by atoms with Crippen molar-refractivity contribution >= 4 is 11.6 Å². The molecule has 0 aliphatic heterocycles. The normalized spacial score (nSPS) is 9.90. The molecule has 1 aromatic heterocycles. The predicted molar refractivity (Wildman–Crippen MR) is 41.1 cm³/mol. The van der Waals surface area contributed by atoms with Gasteiger partial charge < -0.3 is 0 Å². The fourth-order valence-electron chi connectivity index (χ4n) is 0.828. The summed E-state index contributed by atoms with van der Waals surface area (Å²) in [6.07, 6.45) is 1.73. The average Bonchev–Trinajstić information content (AvgIpc) is 1.88. The van der Waals surface area contributed by atoms with Gasteiger partial charge in [0.2, 0.25) is 0 Å². The average molecular weight is 157 g/mol. The molecule has 0 unspecified atom stereocenters. The Kier molecular flexibility index (Phi) is 2.22. The molecule has 0 spiro atoms. The maximum atomic E-state index is 5.67. The second kappa shape index (κ2) is 2.97. The van der Waals surface area contributed by atoms with Gasteiger partial charge in [-0.1, -0.05) is 0 Å². The lowest BCUT2D eigenvalue weighted by atomic mass is 10.1. The van der Waals surface area contributed by atoms with E-state index in [2.05, 4.69) is 10.2 Å². The van der Waals surface area contributed by atoms with E-state index in [9.17, 15) is 0 Å². The van der Waals surface area contributed by atoms with Crippen molar-refractivity contribution < 1.29 is 0 Å². The summed E-state index contributed by atoms with van der Waals surface area (Å²) in [6.45, 7) is 3.90. The van der Waals surface area contributed by atoms with Gasteiger partial charge in [0, 0.05) is 5.88 Å². The summed E-state index contributed by atoms with van der Waals surface area (Å²) in [5.41, 5.74) is 3.13. The molecule has 54 valence electrons. The highest BCUT2D eigenvalue weighted by Crippen LogP contribution is 2.10. The molecule has 2 nitrogen and oxygen atoms in total. The Morgan fingerprint density at radius 3 is 2.60 bits per heavy atom. The second-order valence-corrected chi connectivity index (χ2v) is 2.49. The van der Waals surface area contributed by atoms with E-state index in [4.69, 9.17) is 11.6 Å². The summed E-state index contributed by atoms with van der Waals surface area (Å²) < 4.78 is 0. The number of alkyl halides is 1. The van der Waals surface area contributed by atoms with E-state index in [0.717, 1.165) is 16.8 Å². The second-order valence-electron chi connectivity index (χ2n) is 2.23. The third-order valence-corrected chi connectivity index (χ3v) is 1.77. The molecule has 0 saturated carbocycles. The molecule has 0 aliphatic carbocycles. The van der Waals surface area contributed by atoms with Crippen molar-refractivity contribution in [3.63, 3.8) is 0 Å². The van der Waals surface area contributed by atoms with Gasteiger partial charge in [0.1, 0.15) is 0 Å². The van der Waals surface area contributed by atoms with Gasteiger partial charge in [-0.15, -0.1) is 11.6 Å². The van der Waals surface area contributed by atoms with Gasteiger partial charge in [-0.05, 0) is 25.0 Å². The summed E-state index contributed by atoms with van der Waals surface area (Å²) >= 11 is 5.67. The van der Waals surface area contributed by atoms with E-state index in [1.165, 1.54) is 0 Å². The highest BCUT2D eigenvalue weighted by Gasteiger charge is 2.00. The molecule has 1 rings (SSSR count). The minimum atomic E-state index is 0.521. The SMILES string of the molecule is Cc1cnnc(C)c1CCl. The van der Waals surface area contributed by atoms with E-state index in [0.29, 0.717) is 5.88 Å². The van der Waals surface area contributed by atoms with Crippen LogP contribution in [0.4, 0.5) is 0 Å². The molecule has 0 N–H and O–H groups in total.